The number of pyridine rings is 1. The number of fused-ring (bicyclic) bond motifs is 3. The number of para-hydroxylation sites is 1. The third kappa shape index (κ3) is 5.01. The molecule has 5 heteroatoms. The van der Waals surface area contributed by atoms with Gasteiger partial charge in [-0.05, 0) is 84.3 Å². The smallest absolute Gasteiger partial charge is 0.137 e. The molecule has 0 aliphatic heterocycles. The lowest BCUT2D eigenvalue weighted by atomic mass is 9.86. The summed E-state index contributed by atoms with van der Waals surface area (Å²) in [5.74, 6) is 2.47. The summed E-state index contributed by atoms with van der Waals surface area (Å²) in [6.45, 7) is 17.5. The number of hydrogen-bond donors (Lipinski definition) is 0. The van der Waals surface area contributed by atoms with Crippen LogP contribution in [0.25, 0.3) is 33.3 Å². The monoisotopic (exact) mass is 542 g/mol. The average molecular weight is 543 g/mol. The predicted octanol–water partition coefficient (Wildman–Crippen LogP) is 9.37. The summed E-state index contributed by atoms with van der Waals surface area (Å²) in [6, 6.07) is 27.7. The van der Waals surface area contributed by atoms with E-state index in [4.69, 9.17) is 14.8 Å². The van der Waals surface area contributed by atoms with Crippen molar-refractivity contribution in [2.24, 2.45) is 0 Å². The maximum atomic E-state index is 6.62. The zero-order valence-electron chi connectivity index (χ0n) is 25.3. The highest BCUT2D eigenvalue weighted by Crippen LogP contribution is 2.37. The van der Waals surface area contributed by atoms with Gasteiger partial charge in [0.05, 0.1) is 22.4 Å². The molecule has 0 aliphatic carbocycles. The van der Waals surface area contributed by atoms with E-state index in [1.165, 1.54) is 21.9 Å². The van der Waals surface area contributed by atoms with Crippen molar-refractivity contribution in [1.82, 2.24) is 19.3 Å². The van der Waals surface area contributed by atoms with E-state index in [0.717, 1.165) is 45.4 Å². The Labute approximate surface area is 242 Å². The van der Waals surface area contributed by atoms with Gasteiger partial charge in [0.15, 0.2) is 0 Å². The van der Waals surface area contributed by atoms with Crippen molar-refractivity contribution in [3.05, 3.63) is 108 Å². The van der Waals surface area contributed by atoms with E-state index in [2.05, 4.69) is 132 Å². The highest BCUT2D eigenvalue weighted by molar-refractivity contribution is 6.09. The normalized spacial score (nSPS) is 12.4. The van der Waals surface area contributed by atoms with Gasteiger partial charge in [0.1, 0.15) is 17.3 Å². The van der Waals surface area contributed by atoms with Crippen LogP contribution in [0.4, 0.5) is 0 Å². The maximum absolute atomic E-state index is 6.62. The predicted molar refractivity (Wildman–Crippen MR) is 169 cm³/mol. The number of hydrogen-bond acceptors (Lipinski definition) is 3. The molecule has 3 aromatic heterocycles. The summed E-state index contributed by atoms with van der Waals surface area (Å²) in [4.78, 5) is 4.82. The van der Waals surface area contributed by atoms with Crippen LogP contribution in [0.5, 0.6) is 11.5 Å². The summed E-state index contributed by atoms with van der Waals surface area (Å²) >= 11 is 0. The molecule has 0 bridgehead atoms. The lowest BCUT2D eigenvalue weighted by Crippen LogP contribution is -2.12. The van der Waals surface area contributed by atoms with Gasteiger partial charge in [-0.2, -0.15) is 5.10 Å². The third-order valence-electron chi connectivity index (χ3n) is 7.73. The number of ether oxygens (including phenoxy) is 1. The van der Waals surface area contributed by atoms with E-state index in [0.29, 0.717) is 0 Å². The van der Waals surface area contributed by atoms with E-state index >= 15 is 0 Å². The fourth-order valence-electron chi connectivity index (χ4n) is 5.49. The molecule has 6 rings (SSSR count). The second kappa shape index (κ2) is 9.62. The highest BCUT2D eigenvalue weighted by atomic mass is 16.5. The summed E-state index contributed by atoms with van der Waals surface area (Å²) in [6.07, 6.45) is 1.91. The van der Waals surface area contributed by atoms with Crippen LogP contribution in [0.15, 0.2) is 85.1 Å². The molecule has 3 aromatic carbocycles. The van der Waals surface area contributed by atoms with Crippen LogP contribution in [0.1, 0.15) is 64.1 Å². The number of aryl methyl sites for hydroxylation is 2. The van der Waals surface area contributed by atoms with Gasteiger partial charge in [-0.1, -0.05) is 59.7 Å². The van der Waals surface area contributed by atoms with Gasteiger partial charge in [-0.3, -0.25) is 4.57 Å². The Morgan fingerprint density at radius 2 is 1.39 bits per heavy atom. The van der Waals surface area contributed by atoms with Gasteiger partial charge < -0.3 is 4.74 Å². The summed E-state index contributed by atoms with van der Waals surface area (Å²) < 4.78 is 10.9. The standard InChI is InChI=1S/C36H38N4O/c1-23-17-24(2)40(38-23)27-18-26(36(6,7)8)19-29(21-27)41-28-13-14-31-30-11-9-10-12-32(30)39(33(31)22-28)34-20-25(15-16-37-34)35(3,4)5/h9-22H,1-8H3. The number of benzene rings is 3. The third-order valence-corrected chi connectivity index (χ3v) is 7.73. The fourth-order valence-corrected chi connectivity index (χ4v) is 5.49. The van der Waals surface area contributed by atoms with E-state index in [1.54, 1.807) is 0 Å². The summed E-state index contributed by atoms with van der Waals surface area (Å²) in [7, 11) is 0. The van der Waals surface area contributed by atoms with Crippen molar-refractivity contribution < 1.29 is 4.74 Å². The Bertz CT molecular complexity index is 1910. The molecule has 0 radical (unpaired) electrons. The molecule has 0 N–H and O–H groups in total. The van der Waals surface area contributed by atoms with Crippen LogP contribution in [0, 0.1) is 13.8 Å². The molecular formula is C36H38N4O. The largest absolute Gasteiger partial charge is 0.457 e. The number of aromatic nitrogens is 4. The van der Waals surface area contributed by atoms with E-state index in [9.17, 15) is 0 Å². The number of nitrogens with zero attached hydrogens (tertiary/aromatic N) is 4. The van der Waals surface area contributed by atoms with Crippen molar-refractivity contribution >= 4 is 21.8 Å². The maximum Gasteiger partial charge on any atom is 0.137 e. The van der Waals surface area contributed by atoms with Crippen molar-refractivity contribution in [3.63, 3.8) is 0 Å². The molecule has 0 amide bonds. The van der Waals surface area contributed by atoms with Crippen molar-refractivity contribution in [3.8, 4) is 23.0 Å². The van der Waals surface area contributed by atoms with Gasteiger partial charge in [0, 0.05) is 34.8 Å². The van der Waals surface area contributed by atoms with E-state index in [-0.39, 0.29) is 10.8 Å². The molecule has 0 unspecified atom stereocenters. The van der Waals surface area contributed by atoms with Crippen LogP contribution in [-0.4, -0.2) is 19.3 Å². The zero-order chi connectivity index (χ0) is 29.1. The fraction of sp³-hybridized carbons (Fsp3) is 0.278. The molecule has 208 valence electrons. The highest BCUT2D eigenvalue weighted by Gasteiger charge is 2.20. The van der Waals surface area contributed by atoms with E-state index < -0.39 is 0 Å². The molecule has 5 nitrogen and oxygen atoms in total. The lowest BCUT2D eigenvalue weighted by molar-refractivity contribution is 0.478. The summed E-state index contributed by atoms with van der Waals surface area (Å²) in [5, 5.41) is 7.10. The second-order valence-corrected chi connectivity index (χ2v) is 13.1. The van der Waals surface area contributed by atoms with E-state index in [1.807, 2.05) is 17.8 Å². The molecule has 0 saturated heterocycles. The van der Waals surface area contributed by atoms with Crippen LogP contribution in [0.2, 0.25) is 0 Å². The molecule has 0 aliphatic rings. The minimum absolute atomic E-state index is 0.0198. The second-order valence-electron chi connectivity index (χ2n) is 13.1. The SMILES string of the molecule is Cc1cc(C)n(-c2cc(Oc3ccc4c5ccccc5n(-c5cc(C(C)(C)C)ccn5)c4c3)cc(C(C)(C)C)c2)n1. The molecule has 0 saturated carbocycles. The first-order valence-corrected chi connectivity index (χ1v) is 14.3. The first-order valence-electron chi connectivity index (χ1n) is 14.3. The number of rotatable bonds is 4. The van der Waals surface area contributed by atoms with Gasteiger partial charge in [-0.15, -0.1) is 0 Å². The van der Waals surface area contributed by atoms with Crippen molar-refractivity contribution in [2.75, 3.05) is 0 Å². The van der Waals surface area contributed by atoms with Crippen LogP contribution in [0.3, 0.4) is 0 Å². The lowest BCUT2D eigenvalue weighted by Gasteiger charge is -2.22. The molecular weight excluding hydrogens is 504 g/mol. The molecule has 6 aromatic rings. The Kier molecular flexibility index (Phi) is 6.29. The summed E-state index contributed by atoms with van der Waals surface area (Å²) in [5.41, 5.74) is 7.68. The Morgan fingerprint density at radius 1 is 0.659 bits per heavy atom. The quantitative estimate of drug-likeness (QED) is 0.223. The van der Waals surface area contributed by atoms with Crippen LogP contribution < -0.4 is 4.74 Å². The van der Waals surface area contributed by atoms with Gasteiger partial charge in [-0.25, -0.2) is 9.67 Å². The Hall–Kier alpha value is -4.38. The van der Waals surface area contributed by atoms with Crippen molar-refractivity contribution in [2.45, 2.75) is 66.2 Å². The molecule has 3 heterocycles. The molecule has 0 atom stereocenters. The average Bonchev–Trinajstić information content (AvgIpc) is 3.43. The zero-order valence-corrected chi connectivity index (χ0v) is 25.3. The van der Waals surface area contributed by atoms with Gasteiger partial charge in [0.2, 0.25) is 0 Å². The first-order chi connectivity index (χ1) is 19.4. The topological polar surface area (TPSA) is 44.9 Å². The van der Waals surface area contributed by atoms with Crippen molar-refractivity contribution in [1.29, 1.82) is 0 Å². The molecule has 0 fully saturated rings. The van der Waals surface area contributed by atoms with Gasteiger partial charge in [0.25, 0.3) is 0 Å². The molecule has 0 spiro atoms. The minimum Gasteiger partial charge on any atom is -0.457 e. The van der Waals surface area contributed by atoms with Crippen LogP contribution >= 0.6 is 0 Å². The minimum atomic E-state index is -0.0512. The first kappa shape index (κ1) is 26.8. The molecule has 41 heavy (non-hydrogen) atoms. The van der Waals surface area contributed by atoms with Crippen LogP contribution in [-0.2, 0) is 10.8 Å². The van der Waals surface area contributed by atoms with Gasteiger partial charge >= 0.3 is 0 Å². The Morgan fingerprint density at radius 3 is 2.10 bits per heavy atom. The Balaban J connectivity index is 1.50.